The third-order valence-corrected chi connectivity index (χ3v) is 5.43. The first-order valence-corrected chi connectivity index (χ1v) is 10.8. The van der Waals surface area contributed by atoms with Gasteiger partial charge in [0.05, 0.1) is 43.9 Å². The smallest absolute Gasteiger partial charge is 0.352 e. The summed E-state index contributed by atoms with van der Waals surface area (Å²) in [5.41, 5.74) is -0.818. The summed E-state index contributed by atoms with van der Waals surface area (Å²) >= 11 is 0. The zero-order valence-corrected chi connectivity index (χ0v) is 19.1. The van der Waals surface area contributed by atoms with Crippen LogP contribution in [0, 0.1) is 11.6 Å². The molecule has 0 unspecified atom stereocenters. The van der Waals surface area contributed by atoms with E-state index < -0.39 is 28.8 Å². The van der Waals surface area contributed by atoms with Crippen LogP contribution in [0.1, 0.15) is 12.5 Å². The molecule has 2 aromatic carbocycles. The Bertz CT molecular complexity index is 1380. The lowest BCUT2D eigenvalue weighted by Gasteiger charge is -2.29. The van der Waals surface area contributed by atoms with Gasteiger partial charge in [0, 0.05) is 20.0 Å². The first-order chi connectivity index (χ1) is 16.8. The fraction of sp³-hybridized carbons (Fsp3) is 0.304. The second-order valence-corrected chi connectivity index (χ2v) is 7.83. The maximum atomic E-state index is 14.5. The molecule has 184 valence electrons. The van der Waals surface area contributed by atoms with E-state index in [-0.39, 0.29) is 23.8 Å². The van der Waals surface area contributed by atoms with Gasteiger partial charge < -0.3 is 19.7 Å². The van der Waals surface area contributed by atoms with E-state index >= 15 is 0 Å². The van der Waals surface area contributed by atoms with E-state index in [2.05, 4.69) is 10.4 Å². The maximum Gasteiger partial charge on any atom is 0.352 e. The van der Waals surface area contributed by atoms with Crippen LogP contribution in [0.25, 0.3) is 5.69 Å². The second kappa shape index (κ2) is 10.1. The zero-order valence-electron chi connectivity index (χ0n) is 19.1. The Balaban J connectivity index is 1.77. The third-order valence-electron chi connectivity index (χ3n) is 5.43. The number of hydrogen-bond acceptors (Lipinski definition) is 7. The number of nitrogens with zero attached hydrogens (tertiary/aromatic N) is 4. The minimum Gasteiger partial charge on any atom is -0.476 e. The van der Waals surface area contributed by atoms with Gasteiger partial charge in [-0.1, -0.05) is 6.07 Å². The lowest BCUT2D eigenvalue weighted by Crippen LogP contribution is -2.41. The van der Waals surface area contributed by atoms with Crippen molar-refractivity contribution in [3.8, 4) is 11.6 Å². The second-order valence-electron chi connectivity index (χ2n) is 7.83. The highest BCUT2D eigenvalue weighted by atomic mass is 19.1. The van der Waals surface area contributed by atoms with Crippen molar-refractivity contribution in [2.24, 2.45) is 0 Å². The maximum absolute atomic E-state index is 14.5. The standard InChI is InChI=1S/C23H23F2N5O5/c1-14(31)26-19-12-16(4-6-17(19)24)30-23(33)29(22(32)21(27-30)34-2)13-15-3-5-18(25)20(11-15)28-7-9-35-10-8-28/h3-6,11-12H,7-10,13H2,1-2H3,(H,26,31). The monoisotopic (exact) mass is 487 g/mol. The number of halogens is 2. The van der Waals surface area contributed by atoms with Gasteiger partial charge in [-0.25, -0.2) is 18.1 Å². The van der Waals surface area contributed by atoms with Crippen LogP contribution >= 0.6 is 0 Å². The fourth-order valence-corrected chi connectivity index (χ4v) is 3.74. The molecule has 0 saturated carbocycles. The number of hydrogen-bond donors (Lipinski definition) is 1. The summed E-state index contributed by atoms with van der Waals surface area (Å²) in [7, 11) is 1.23. The molecule has 1 N–H and O–H groups in total. The number of aromatic nitrogens is 3. The third kappa shape index (κ3) is 5.06. The molecule has 1 amide bonds. The van der Waals surface area contributed by atoms with Crippen molar-refractivity contribution in [1.29, 1.82) is 0 Å². The first kappa shape index (κ1) is 24.1. The van der Waals surface area contributed by atoms with Gasteiger partial charge in [-0.2, -0.15) is 4.68 Å². The average Bonchev–Trinajstić information content (AvgIpc) is 2.84. The predicted molar refractivity (Wildman–Crippen MR) is 123 cm³/mol. The molecule has 1 aromatic heterocycles. The highest BCUT2D eigenvalue weighted by Gasteiger charge is 2.19. The molecule has 1 aliphatic rings. The van der Waals surface area contributed by atoms with Gasteiger partial charge in [-0.15, -0.1) is 5.10 Å². The molecule has 35 heavy (non-hydrogen) atoms. The molecule has 1 saturated heterocycles. The summed E-state index contributed by atoms with van der Waals surface area (Å²) in [6.07, 6.45) is 0. The minimum atomic E-state index is -0.826. The van der Waals surface area contributed by atoms with Crippen LogP contribution in [-0.2, 0) is 16.1 Å². The number of rotatable bonds is 6. The molecule has 0 atom stereocenters. The SMILES string of the molecule is COc1nn(-c2ccc(F)c(NC(C)=O)c2)c(=O)n(Cc2ccc(F)c(N3CCOCC3)c2)c1=O. The summed E-state index contributed by atoms with van der Waals surface area (Å²) in [6, 6.07) is 7.89. The number of morpholine rings is 1. The summed E-state index contributed by atoms with van der Waals surface area (Å²) < 4.78 is 40.8. The van der Waals surface area contributed by atoms with Crippen LogP contribution in [-0.4, -0.2) is 53.7 Å². The van der Waals surface area contributed by atoms with E-state index in [1.54, 1.807) is 6.07 Å². The van der Waals surface area contributed by atoms with Gasteiger partial charge in [-0.05, 0) is 35.9 Å². The normalized spacial score (nSPS) is 13.5. The van der Waals surface area contributed by atoms with Gasteiger partial charge >= 0.3 is 11.2 Å². The summed E-state index contributed by atoms with van der Waals surface area (Å²) in [5.74, 6) is -2.01. The lowest BCUT2D eigenvalue weighted by molar-refractivity contribution is -0.114. The molecule has 10 nitrogen and oxygen atoms in total. The van der Waals surface area contributed by atoms with Gasteiger partial charge in [-0.3, -0.25) is 9.59 Å². The average molecular weight is 487 g/mol. The van der Waals surface area contributed by atoms with Crippen molar-refractivity contribution in [1.82, 2.24) is 14.3 Å². The number of methoxy groups -OCH3 is 1. The van der Waals surface area contributed by atoms with Crippen LogP contribution in [0.4, 0.5) is 20.2 Å². The molecular formula is C23H23F2N5O5. The molecular weight excluding hydrogens is 464 g/mol. The van der Waals surface area contributed by atoms with E-state index in [1.807, 2.05) is 4.90 Å². The highest BCUT2D eigenvalue weighted by Crippen LogP contribution is 2.23. The van der Waals surface area contributed by atoms with Crippen molar-refractivity contribution in [2.75, 3.05) is 43.6 Å². The summed E-state index contributed by atoms with van der Waals surface area (Å²) in [6.45, 7) is 2.98. The summed E-state index contributed by atoms with van der Waals surface area (Å²) in [4.78, 5) is 39.3. The quantitative estimate of drug-likeness (QED) is 0.562. The number of carbonyl (C=O) groups is 1. The number of carbonyl (C=O) groups excluding carboxylic acids is 1. The number of nitrogens with one attached hydrogen (secondary N) is 1. The van der Waals surface area contributed by atoms with Crippen molar-refractivity contribution in [3.05, 3.63) is 74.4 Å². The Hall–Kier alpha value is -4.06. The first-order valence-electron chi connectivity index (χ1n) is 10.8. The van der Waals surface area contributed by atoms with E-state index in [4.69, 9.17) is 9.47 Å². The molecule has 0 bridgehead atoms. The number of amides is 1. The van der Waals surface area contributed by atoms with Crippen molar-refractivity contribution in [2.45, 2.75) is 13.5 Å². The van der Waals surface area contributed by atoms with E-state index in [1.165, 1.54) is 38.3 Å². The van der Waals surface area contributed by atoms with Crippen LogP contribution < -0.4 is 26.2 Å². The van der Waals surface area contributed by atoms with E-state index in [9.17, 15) is 23.2 Å². The molecule has 0 radical (unpaired) electrons. The number of benzene rings is 2. The van der Waals surface area contributed by atoms with Crippen molar-refractivity contribution >= 4 is 17.3 Å². The Labute approximate surface area is 198 Å². The van der Waals surface area contributed by atoms with Crippen molar-refractivity contribution < 1.29 is 23.0 Å². The zero-order chi connectivity index (χ0) is 25.1. The Morgan fingerprint density at radius 3 is 2.51 bits per heavy atom. The molecule has 1 fully saturated rings. The largest absolute Gasteiger partial charge is 0.476 e. The Kier molecular flexibility index (Phi) is 6.92. The van der Waals surface area contributed by atoms with Gasteiger partial charge in [0.1, 0.15) is 11.6 Å². The molecule has 1 aliphatic heterocycles. The van der Waals surface area contributed by atoms with Crippen LogP contribution in [0.15, 0.2) is 46.0 Å². The van der Waals surface area contributed by atoms with Gasteiger partial charge in [0.25, 0.3) is 5.88 Å². The Morgan fingerprint density at radius 1 is 1.11 bits per heavy atom. The molecule has 3 aromatic rings. The molecule has 0 spiro atoms. The van der Waals surface area contributed by atoms with Crippen LogP contribution in [0.3, 0.4) is 0 Å². The minimum absolute atomic E-state index is 0.0975. The molecule has 2 heterocycles. The van der Waals surface area contributed by atoms with Crippen LogP contribution in [0.5, 0.6) is 5.88 Å². The molecule has 0 aliphatic carbocycles. The van der Waals surface area contributed by atoms with E-state index in [0.717, 1.165) is 15.3 Å². The van der Waals surface area contributed by atoms with Gasteiger partial charge in [0.2, 0.25) is 5.91 Å². The lowest BCUT2D eigenvalue weighted by atomic mass is 10.1. The van der Waals surface area contributed by atoms with E-state index in [0.29, 0.717) is 37.6 Å². The topological polar surface area (TPSA) is 108 Å². The number of anilines is 2. The molecule has 12 heteroatoms. The molecule has 4 rings (SSSR count). The van der Waals surface area contributed by atoms with Gasteiger partial charge in [0.15, 0.2) is 0 Å². The van der Waals surface area contributed by atoms with Crippen molar-refractivity contribution in [3.63, 3.8) is 0 Å². The Morgan fingerprint density at radius 2 is 1.83 bits per heavy atom. The van der Waals surface area contributed by atoms with Crippen LogP contribution in [0.2, 0.25) is 0 Å². The summed E-state index contributed by atoms with van der Waals surface area (Å²) in [5, 5.41) is 6.28. The predicted octanol–water partition coefficient (Wildman–Crippen LogP) is 1.52. The number of ether oxygens (including phenoxy) is 2. The highest BCUT2D eigenvalue weighted by molar-refractivity contribution is 5.89. The fourth-order valence-electron chi connectivity index (χ4n) is 3.74.